The molecule has 1 aromatic carbocycles. The highest BCUT2D eigenvalue weighted by Gasteiger charge is 2.39. The molecular formula is C24H28ClF3N6O4S. The predicted octanol–water partition coefficient (Wildman–Crippen LogP) is 3.75. The highest BCUT2D eigenvalue weighted by Crippen LogP contribution is 2.32. The number of halogens is 4. The van der Waals surface area contributed by atoms with Crippen molar-refractivity contribution < 1.29 is 26.3 Å². The Bertz CT molecular complexity index is 1390. The second kappa shape index (κ2) is 12.1. The maximum absolute atomic E-state index is 14.4. The van der Waals surface area contributed by atoms with Gasteiger partial charge in [0.05, 0.1) is 41.9 Å². The number of rotatable bonds is 8. The average molecular weight is 589 g/mol. The van der Waals surface area contributed by atoms with Crippen LogP contribution in [-0.4, -0.2) is 61.4 Å². The van der Waals surface area contributed by atoms with Crippen LogP contribution in [0.2, 0.25) is 5.02 Å². The van der Waals surface area contributed by atoms with Crippen molar-refractivity contribution in [2.75, 3.05) is 35.9 Å². The summed E-state index contributed by atoms with van der Waals surface area (Å²) >= 11 is 6.36. The zero-order valence-corrected chi connectivity index (χ0v) is 22.6. The molecule has 2 aliphatic rings. The summed E-state index contributed by atoms with van der Waals surface area (Å²) in [4.78, 5) is 13.0. The van der Waals surface area contributed by atoms with Gasteiger partial charge in [0.2, 0.25) is 0 Å². The van der Waals surface area contributed by atoms with Crippen LogP contribution in [0.25, 0.3) is 0 Å². The molecule has 0 spiro atoms. The van der Waals surface area contributed by atoms with Crippen LogP contribution in [0.1, 0.15) is 44.2 Å². The monoisotopic (exact) mass is 588 g/mol. The first kappa shape index (κ1) is 29.1. The van der Waals surface area contributed by atoms with Crippen molar-refractivity contribution >= 4 is 33.2 Å². The van der Waals surface area contributed by atoms with Crippen molar-refractivity contribution in [3.63, 3.8) is 0 Å². The molecule has 10 nitrogen and oxygen atoms in total. The Labute approximate surface area is 229 Å². The SMILES string of the molecule is C[C@@H](Nc1cnn(C2CCN(S(=O)(=O)N(c3ccc(C#N)cc3F)C(F)F)CC2)c(=O)c1Cl)[C@H]1CCCOC1. The lowest BCUT2D eigenvalue weighted by Gasteiger charge is -2.35. The summed E-state index contributed by atoms with van der Waals surface area (Å²) in [6, 6.07) is 3.71. The van der Waals surface area contributed by atoms with E-state index >= 15 is 0 Å². The zero-order chi connectivity index (χ0) is 28.3. The highest BCUT2D eigenvalue weighted by atomic mass is 35.5. The number of nitriles is 1. The van der Waals surface area contributed by atoms with Gasteiger partial charge in [0.15, 0.2) is 0 Å². The third-order valence-corrected chi connectivity index (χ3v) is 9.30. The van der Waals surface area contributed by atoms with Crippen LogP contribution < -0.4 is 15.2 Å². The molecule has 0 saturated carbocycles. The van der Waals surface area contributed by atoms with Gasteiger partial charge in [-0.3, -0.25) is 4.79 Å². The molecule has 0 bridgehead atoms. The molecule has 0 aliphatic carbocycles. The number of benzene rings is 1. The molecule has 4 rings (SSSR count). The number of nitrogens with zero attached hydrogens (tertiary/aromatic N) is 5. The van der Waals surface area contributed by atoms with Crippen molar-refractivity contribution in [2.24, 2.45) is 5.92 Å². The summed E-state index contributed by atoms with van der Waals surface area (Å²) in [5.74, 6) is -1.01. The first-order chi connectivity index (χ1) is 18.5. The lowest BCUT2D eigenvalue weighted by atomic mass is 9.95. The lowest BCUT2D eigenvalue weighted by Crippen LogP contribution is -2.50. The Hall–Kier alpha value is -2.86. The molecule has 15 heteroatoms. The number of alkyl halides is 2. The van der Waals surface area contributed by atoms with Gasteiger partial charge >= 0.3 is 16.8 Å². The molecule has 2 aliphatic heterocycles. The molecule has 2 saturated heterocycles. The van der Waals surface area contributed by atoms with Gasteiger partial charge in [-0.15, -0.1) is 0 Å². The van der Waals surface area contributed by atoms with E-state index in [9.17, 15) is 26.4 Å². The van der Waals surface area contributed by atoms with Crippen molar-refractivity contribution in [2.45, 2.75) is 51.2 Å². The van der Waals surface area contributed by atoms with E-state index in [1.165, 1.54) is 10.9 Å². The summed E-state index contributed by atoms with van der Waals surface area (Å²) in [6.45, 7) is -0.672. The Kier molecular flexibility index (Phi) is 9.05. The summed E-state index contributed by atoms with van der Waals surface area (Å²) in [5, 5.41) is 16.3. The van der Waals surface area contributed by atoms with E-state index in [4.69, 9.17) is 21.6 Å². The van der Waals surface area contributed by atoms with Crippen LogP contribution in [0.5, 0.6) is 0 Å². The Morgan fingerprint density at radius 3 is 2.59 bits per heavy atom. The van der Waals surface area contributed by atoms with E-state index in [0.717, 1.165) is 35.9 Å². The third-order valence-electron chi connectivity index (χ3n) is 7.07. The molecular weight excluding hydrogens is 561 g/mol. The second-order valence-corrected chi connectivity index (χ2v) is 11.7. The average Bonchev–Trinajstić information content (AvgIpc) is 2.92. The van der Waals surface area contributed by atoms with Crippen LogP contribution in [0.3, 0.4) is 0 Å². The number of aromatic nitrogens is 2. The van der Waals surface area contributed by atoms with Crippen molar-refractivity contribution in [1.82, 2.24) is 14.1 Å². The fourth-order valence-corrected chi connectivity index (χ4v) is 6.56. The van der Waals surface area contributed by atoms with E-state index in [1.807, 2.05) is 6.92 Å². The van der Waals surface area contributed by atoms with Crippen LogP contribution in [0.15, 0.2) is 29.2 Å². The minimum absolute atomic E-state index is 0.00739. The molecule has 212 valence electrons. The minimum Gasteiger partial charge on any atom is -0.381 e. The van der Waals surface area contributed by atoms with Crippen LogP contribution >= 0.6 is 11.6 Å². The molecule has 39 heavy (non-hydrogen) atoms. The quantitative estimate of drug-likeness (QED) is 0.466. The number of hydrogen-bond acceptors (Lipinski definition) is 7. The number of ether oxygens (including phenoxy) is 1. The predicted molar refractivity (Wildman–Crippen MR) is 138 cm³/mol. The molecule has 3 heterocycles. The summed E-state index contributed by atoms with van der Waals surface area (Å²) in [5.41, 5.74) is -1.18. The fourth-order valence-electron chi connectivity index (χ4n) is 4.86. The smallest absolute Gasteiger partial charge is 0.329 e. The van der Waals surface area contributed by atoms with Crippen molar-refractivity contribution in [3.05, 3.63) is 51.2 Å². The molecule has 2 fully saturated rings. The van der Waals surface area contributed by atoms with Crippen LogP contribution in [0, 0.1) is 23.1 Å². The van der Waals surface area contributed by atoms with Crippen LogP contribution in [-0.2, 0) is 14.9 Å². The fraction of sp³-hybridized carbons (Fsp3) is 0.542. The Morgan fingerprint density at radius 1 is 1.28 bits per heavy atom. The molecule has 1 N–H and O–H groups in total. The summed E-state index contributed by atoms with van der Waals surface area (Å²) in [7, 11) is -4.83. The van der Waals surface area contributed by atoms with Gasteiger partial charge in [-0.2, -0.15) is 36.2 Å². The van der Waals surface area contributed by atoms with Gasteiger partial charge < -0.3 is 10.1 Å². The van der Waals surface area contributed by atoms with Crippen molar-refractivity contribution in [3.8, 4) is 6.07 Å². The zero-order valence-electron chi connectivity index (χ0n) is 21.1. The molecule has 1 aromatic heterocycles. The normalized spacial score (nSPS) is 20.0. The largest absolute Gasteiger partial charge is 0.381 e. The second-order valence-electron chi connectivity index (χ2n) is 9.52. The van der Waals surface area contributed by atoms with Crippen LogP contribution in [0.4, 0.5) is 24.5 Å². The van der Waals surface area contributed by atoms with E-state index in [1.54, 1.807) is 6.07 Å². The van der Waals surface area contributed by atoms with E-state index in [2.05, 4.69) is 10.4 Å². The molecule has 0 amide bonds. The summed E-state index contributed by atoms with van der Waals surface area (Å²) in [6.07, 6.45) is 3.57. The highest BCUT2D eigenvalue weighted by molar-refractivity contribution is 7.90. The molecule has 0 radical (unpaired) electrons. The van der Waals surface area contributed by atoms with E-state index in [-0.39, 0.29) is 52.8 Å². The Balaban J connectivity index is 1.47. The standard InChI is InChI=1S/C24H28ClF3N6O4S/c1-15(17-3-2-10-38-14-17)31-20-13-30-33(23(35)22(20)25)18-6-8-32(9-7-18)39(36,37)34(24(27)28)21-5-4-16(12-29)11-19(21)26/h4-5,11,13,15,17-18,24,31H,2-3,6-10,14H2,1H3/t15-,17+/m1/s1. The Morgan fingerprint density at radius 2 is 2.00 bits per heavy atom. The van der Waals surface area contributed by atoms with Gasteiger partial charge in [0.1, 0.15) is 10.8 Å². The van der Waals surface area contributed by atoms with Gasteiger partial charge in [-0.1, -0.05) is 11.6 Å². The van der Waals surface area contributed by atoms with E-state index < -0.39 is 39.9 Å². The van der Waals surface area contributed by atoms with Gasteiger partial charge in [-0.05, 0) is 50.8 Å². The van der Waals surface area contributed by atoms with Gasteiger partial charge in [0, 0.05) is 31.7 Å². The number of anilines is 2. The number of piperidine rings is 1. The molecule has 2 aromatic rings. The first-order valence-electron chi connectivity index (χ1n) is 12.4. The first-order valence-corrected chi connectivity index (χ1v) is 14.2. The molecule has 2 atom stereocenters. The topological polar surface area (TPSA) is 121 Å². The van der Waals surface area contributed by atoms with E-state index in [0.29, 0.717) is 18.4 Å². The molecule has 0 unspecified atom stereocenters. The maximum Gasteiger partial charge on any atom is 0.329 e. The number of hydrogen-bond donors (Lipinski definition) is 1. The third kappa shape index (κ3) is 6.16. The minimum atomic E-state index is -4.83. The number of nitrogens with one attached hydrogen (secondary N) is 1. The van der Waals surface area contributed by atoms with Gasteiger partial charge in [0.25, 0.3) is 5.56 Å². The maximum atomic E-state index is 14.4. The summed E-state index contributed by atoms with van der Waals surface area (Å²) < 4.78 is 75.6. The lowest BCUT2D eigenvalue weighted by molar-refractivity contribution is 0.0496. The van der Waals surface area contributed by atoms with Crippen molar-refractivity contribution in [1.29, 1.82) is 5.26 Å². The van der Waals surface area contributed by atoms with Gasteiger partial charge in [-0.25, -0.2) is 9.07 Å².